The van der Waals surface area contributed by atoms with E-state index in [-0.39, 0.29) is 12.4 Å². The molecule has 1 amide bonds. The van der Waals surface area contributed by atoms with E-state index in [1.54, 1.807) is 31.2 Å². The molecule has 150 valence electrons. The zero-order valence-corrected chi connectivity index (χ0v) is 16.0. The summed E-state index contributed by atoms with van der Waals surface area (Å²) in [6.07, 6.45) is 4.27. The molecule has 3 heterocycles. The SMILES string of the molecule is Cc1ncc(CO)c(/C=N/NC(=O)c2cc(-c3ccco3)nc3ccccc23)c1O. The maximum atomic E-state index is 12.9. The highest BCUT2D eigenvalue weighted by Gasteiger charge is 2.15. The van der Waals surface area contributed by atoms with E-state index in [0.717, 1.165) is 0 Å². The molecule has 0 saturated heterocycles. The zero-order chi connectivity index (χ0) is 21.1. The minimum absolute atomic E-state index is 0.103. The molecule has 8 nitrogen and oxygen atoms in total. The summed E-state index contributed by atoms with van der Waals surface area (Å²) in [6, 6.07) is 12.4. The predicted octanol–water partition coefficient (Wildman–Crippen LogP) is 3.16. The van der Waals surface area contributed by atoms with Crippen molar-refractivity contribution in [3.05, 3.63) is 77.3 Å². The van der Waals surface area contributed by atoms with Gasteiger partial charge in [-0.1, -0.05) is 18.2 Å². The van der Waals surface area contributed by atoms with Crippen LogP contribution in [-0.2, 0) is 6.61 Å². The normalized spacial score (nSPS) is 11.3. The molecule has 30 heavy (non-hydrogen) atoms. The Morgan fingerprint density at radius 1 is 1.27 bits per heavy atom. The van der Waals surface area contributed by atoms with E-state index in [1.807, 2.05) is 18.2 Å². The largest absolute Gasteiger partial charge is 0.505 e. The van der Waals surface area contributed by atoms with Crippen molar-refractivity contribution >= 4 is 23.0 Å². The highest BCUT2D eigenvalue weighted by atomic mass is 16.3. The summed E-state index contributed by atoms with van der Waals surface area (Å²) in [7, 11) is 0. The molecule has 8 heteroatoms. The van der Waals surface area contributed by atoms with Crippen LogP contribution < -0.4 is 5.43 Å². The molecule has 0 fully saturated rings. The molecular weight excluding hydrogens is 384 g/mol. The third-order valence-electron chi connectivity index (χ3n) is 4.62. The fourth-order valence-electron chi connectivity index (χ4n) is 3.05. The van der Waals surface area contributed by atoms with E-state index in [4.69, 9.17) is 4.42 Å². The third kappa shape index (κ3) is 3.63. The minimum atomic E-state index is -0.450. The lowest BCUT2D eigenvalue weighted by Crippen LogP contribution is -2.18. The summed E-state index contributed by atoms with van der Waals surface area (Å²) < 4.78 is 5.41. The van der Waals surface area contributed by atoms with Gasteiger partial charge in [0.25, 0.3) is 5.91 Å². The lowest BCUT2D eigenvalue weighted by molar-refractivity contribution is 0.0956. The average Bonchev–Trinajstić information content (AvgIpc) is 3.31. The number of furan rings is 1. The number of aliphatic hydroxyl groups excluding tert-OH is 1. The molecule has 0 unspecified atom stereocenters. The number of aromatic nitrogens is 2. The number of para-hydroxylation sites is 1. The summed E-state index contributed by atoms with van der Waals surface area (Å²) in [5.41, 5.74) is 5.09. The minimum Gasteiger partial charge on any atom is -0.505 e. The Morgan fingerprint density at radius 3 is 2.87 bits per heavy atom. The molecule has 3 N–H and O–H groups in total. The fraction of sp³-hybridized carbons (Fsp3) is 0.0909. The van der Waals surface area contributed by atoms with Gasteiger partial charge in [-0.05, 0) is 31.2 Å². The van der Waals surface area contributed by atoms with Gasteiger partial charge >= 0.3 is 0 Å². The lowest BCUT2D eigenvalue weighted by atomic mass is 10.1. The first-order valence-corrected chi connectivity index (χ1v) is 9.14. The Morgan fingerprint density at radius 2 is 2.10 bits per heavy atom. The summed E-state index contributed by atoms with van der Waals surface area (Å²) in [5.74, 6) is -0.00874. The molecule has 0 spiro atoms. The molecule has 0 aliphatic rings. The molecule has 1 aromatic carbocycles. The molecule has 0 saturated carbocycles. The van der Waals surface area contributed by atoms with Gasteiger partial charge in [-0.15, -0.1) is 0 Å². The monoisotopic (exact) mass is 402 g/mol. The van der Waals surface area contributed by atoms with Gasteiger partial charge in [0, 0.05) is 22.7 Å². The molecule has 3 aromatic heterocycles. The van der Waals surface area contributed by atoms with Crippen LogP contribution in [0.25, 0.3) is 22.4 Å². The van der Waals surface area contributed by atoms with Crippen molar-refractivity contribution in [2.24, 2.45) is 5.10 Å². The van der Waals surface area contributed by atoms with E-state index in [0.29, 0.717) is 44.7 Å². The topological polar surface area (TPSA) is 121 Å². The summed E-state index contributed by atoms with van der Waals surface area (Å²) in [6.45, 7) is 1.31. The number of aryl methyl sites for hydroxylation is 1. The second-order valence-electron chi connectivity index (χ2n) is 6.54. The van der Waals surface area contributed by atoms with Gasteiger partial charge in [-0.2, -0.15) is 5.10 Å². The van der Waals surface area contributed by atoms with E-state index < -0.39 is 5.91 Å². The Hall–Kier alpha value is -4.04. The van der Waals surface area contributed by atoms with E-state index in [9.17, 15) is 15.0 Å². The van der Waals surface area contributed by atoms with Crippen molar-refractivity contribution in [3.8, 4) is 17.2 Å². The van der Waals surface area contributed by atoms with Crippen LogP contribution in [0, 0.1) is 6.92 Å². The van der Waals surface area contributed by atoms with Crippen LogP contribution in [0.1, 0.15) is 27.2 Å². The molecule has 0 atom stereocenters. The predicted molar refractivity (Wildman–Crippen MR) is 111 cm³/mol. The number of fused-ring (bicyclic) bond motifs is 1. The quantitative estimate of drug-likeness (QED) is 0.348. The van der Waals surface area contributed by atoms with Crippen molar-refractivity contribution < 1.29 is 19.4 Å². The third-order valence-corrected chi connectivity index (χ3v) is 4.62. The van der Waals surface area contributed by atoms with Crippen molar-refractivity contribution in [2.45, 2.75) is 13.5 Å². The van der Waals surface area contributed by atoms with Crippen LogP contribution in [0.2, 0.25) is 0 Å². The van der Waals surface area contributed by atoms with Crippen LogP contribution in [0.5, 0.6) is 5.75 Å². The van der Waals surface area contributed by atoms with Gasteiger partial charge in [0.1, 0.15) is 11.4 Å². The van der Waals surface area contributed by atoms with Crippen LogP contribution in [-0.4, -0.2) is 32.3 Å². The molecule has 0 aliphatic carbocycles. The number of carbonyl (C=O) groups is 1. The van der Waals surface area contributed by atoms with Crippen LogP contribution in [0.3, 0.4) is 0 Å². The first-order chi connectivity index (χ1) is 14.6. The number of pyridine rings is 2. The number of nitrogens with one attached hydrogen (secondary N) is 1. The Bertz CT molecular complexity index is 1250. The van der Waals surface area contributed by atoms with Gasteiger partial charge in [0.05, 0.1) is 35.9 Å². The molecular formula is C22H18N4O4. The summed E-state index contributed by atoms with van der Waals surface area (Å²) in [5, 5.41) is 24.2. The molecule has 0 aliphatic heterocycles. The second-order valence-corrected chi connectivity index (χ2v) is 6.54. The smallest absolute Gasteiger partial charge is 0.272 e. The van der Waals surface area contributed by atoms with Gasteiger partial charge in [0.2, 0.25) is 0 Å². The maximum Gasteiger partial charge on any atom is 0.272 e. The van der Waals surface area contributed by atoms with Gasteiger partial charge < -0.3 is 14.6 Å². The number of benzene rings is 1. The highest BCUT2D eigenvalue weighted by molar-refractivity contribution is 6.07. The average molecular weight is 402 g/mol. The van der Waals surface area contributed by atoms with E-state index >= 15 is 0 Å². The van der Waals surface area contributed by atoms with Gasteiger partial charge in [0.15, 0.2) is 5.76 Å². The molecule has 0 radical (unpaired) electrons. The van der Waals surface area contributed by atoms with E-state index in [1.165, 1.54) is 18.7 Å². The number of aromatic hydroxyl groups is 1. The molecule has 4 aromatic rings. The summed E-state index contributed by atoms with van der Waals surface area (Å²) in [4.78, 5) is 21.4. The maximum absolute atomic E-state index is 12.9. The van der Waals surface area contributed by atoms with Crippen LogP contribution >= 0.6 is 0 Å². The molecule has 0 bridgehead atoms. The number of amides is 1. The van der Waals surface area contributed by atoms with E-state index in [2.05, 4.69) is 20.5 Å². The number of carbonyl (C=O) groups excluding carboxylic acids is 1. The van der Waals surface area contributed by atoms with Crippen LogP contribution in [0.15, 0.2) is 64.4 Å². The molecule has 4 rings (SSSR count). The van der Waals surface area contributed by atoms with Gasteiger partial charge in [-0.25, -0.2) is 10.4 Å². The number of hydrogen-bond acceptors (Lipinski definition) is 7. The van der Waals surface area contributed by atoms with Gasteiger partial charge in [-0.3, -0.25) is 9.78 Å². The van der Waals surface area contributed by atoms with Crippen molar-refractivity contribution in [2.75, 3.05) is 0 Å². The number of aliphatic hydroxyl groups is 1. The van der Waals surface area contributed by atoms with Crippen molar-refractivity contribution in [3.63, 3.8) is 0 Å². The van der Waals surface area contributed by atoms with Crippen molar-refractivity contribution in [1.29, 1.82) is 0 Å². The first-order valence-electron chi connectivity index (χ1n) is 9.14. The Kier molecular flexibility index (Phi) is 5.23. The highest BCUT2D eigenvalue weighted by Crippen LogP contribution is 2.25. The first kappa shape index (κ1) is 19.3. The fourth-order valence-corrected chi connectivity index (χ4v) is 3.05. The summed E-state index contributed by atoms with van der Waals surface area (Å²) >= 11 is 0. The second kappa shape index (κ2) is 8.14. The van der Waals surface area contributed by atoms with Crippen LogP contribution in [0.4, 0.5) is 0 Å². The number of rotatable bonds is 5. The number of hydrogen-bond donors (Lipinski definition) is 3. The Labute approximate surface area is 171 Å². The van der Waals surface area contributed by atoms with Crippen molar-refractivity contribution in [1.82, 2.24) is 15.4 Å². The number of nitrogens with zero attached hydrogens (tertiary/aromatic N) is 3. The zero-order valence-electron chi connectivity index (χ0n) is 16.0. The number of hydrazone groups is 1. The lowest BCUT2D eigenvalue weighted by Gasteiger charge is -2.08. The Balaban J connectivity index is 1.68. The standard InChI is InChI=1S/C22H18N4O4/c1-13-21(28)17(14(12-27)10-23-13)11-24-26-22(29)16-9-19(20-7-4-8-30-20)25-18-6-3-2-5-15(16)18/h2-11,27-28H,12H2,1H3,(H,26,29)/b24-11+.